The average Bonchev–Trinajstić information content (AvgIpc) is 2.66. The van der Waals surface area contributed by atoms with E-state index < -0.39 is 10.0 Å². The molecule has 0 spiro atoms. The molecule has 2 aromatic carbocycles. The third kappa shape index (κ3) is 4.82. The van der Waals surface area contributed by atoms with Crippen molar-refractivity contribution in [3.63, 3.8) is 0 Å². The molecule has 0 radical (unpaired) electrons. The van der Waals surface area contributed by atoms with Crippen molar-refractivity contribution in [3.8, 4) is 0 Å². The van der Waals surface area contributed by atoms with Gasteiger partial charge in [0.25, 0.3) is 0 Å². The minimum absolute atomic E-state index is 0.250. The van der Waals surface area contributed by atoms with E-state index in [0.29, 0.717) is 36.3 Å². The van der Waals surface area contributed by atoms with Gasteiger partial charge >= 0.3 is 0 Å². The second-order valence-electron chi connectivity index (χ2n) is 6.57. The maximum absolute atomic E-state index is 13.1. The Labute approximate surface area is 172 Å². The smallest absolute Gasteiger partial charge is 0.243 e. The summed E-state index contributed by atoms with van der Waals surface area (Å²) in [4.78, 5) is 16.5. The number of amides is 1. The summed E-state index contributed by atoms with van der Waals surface area (Å²) < 4.78 is 39.3. The summed E-state index contributed by atoms with van der Waals surface area (Å²) in [5.74, 6) is -0.537. The van der Waals surface area contributed by atoms with Crippen LogP contribution in [0.15, 0.2) is 53.0 Å². The van der Waals surface area contributed by atoms with Gasteiger partial charge in [0.15, 0.2) is 0 Å². The van der Waals surface area contributed by atoms with Crippen LogP contribution in [0.25, 0.3) is 0 Å². The molecule has 0 aromatic heterocycles. The summed E-state index contributed by atoms with van der Waals surface area (Å²) in [7, 11) is -3.62. The van der Waals surface area contributed by atoms with Gasteiger partial charge in [0, 0.05) is 36.3 Å². The highest BCUT2D eigenvalue weighted by molar-refractivity contribution is 9.10. The van der Waals surface area contributed by atoms with Crippen LogP contribution in [0.5, 0.6) is 0 Å². The largest absolute Gasteiger partial charge is 0.368 e. The molecule has 6 nitrogen and oxygen atoms in total. The van der Waals surface area contributed by atoms with Crippen LogP contribution in [-0.2, 0) is 14.8 Å². The zero-order chi connectivity index (χ0) is 20.3. The van der Waals surface area contributed by atoms with Crippen LogP contribution in [0.1, 0.15) is 0 Å². The topological polar surface area (TPSA) is 60.9 Å². The van der Waals surface area contributed by atoms with Crippen molar-refractivity contribution in [3.05, 3.63) is 58.8 Å². The highest BCUT2D eigenvalue weighted by Gasteiger charge is 2.27. The van der Waals surface area contributed by atoms with E-state index >= 15 is 0 Å². The second-order valence-corrected chi connectivity index (χ2v) is 9.33. The van der Waals surface area contributed by atoms with Crippen molar-refractivity contribution >= 4 is 43.2 Å². The molecule has 0 saturated carbocycles. The number of anilines is 2. The van der Waals surface area contributed by atoms with Gasteiger partial charge in [-0.2, -0.15) is 0 Å². The molecule has 1 aliphatic heterocycles. The zero-order valence-electron chi connectivity index (χ0n) is 15.4. The molecule has 9 heteroatoms. The molecule has 2 aromatic rings. The number of halogens is 2. The summed E-state index contributed by atoms with van der Waals surface area (Å²) in [6, 6.07) is 13.2. The number of sulfonamides is 1. The summed E-state index contributed by atoms with van der Waals surface area (Å²) in [6.07, 6.45) is 1.09. The molecule has 0 N–H and O–H groups in total. The van der Waals surface area contributed by atoms with Gasteiger partial charge in [-0.3, -0.25) is 9.10 Å². The van der Waals surface area contributed by atoms with E-state index in [1.54, 1.807) is 41.3 Å². The fourth-order valence-electron chi connectivity index (χ4n) is 3.12. The summed E-state index contributed by atoms with van der Waals surface area (Å²) >= 11 is 3.35. The Kier molecular flexibility index (Phi) is 6.24. The van der Waals surface area contributed by atoms with E-state index in [1.165, 1.54) is 12.1 Å². The lowest BCUT2D eigenvalue weighted by Crippen LogP contribution is -2.52. The molecule has 1 saturated heterocycles. The standard InChI is InChI=1S/C19H21BrFN3O3S/c1-28(26,27)24(18-5-3-2-4-17(18)20)14-19(25)23-12-10-22(11-13-23)16-8-6-15(21)7-9-16/h2-9H,10-14H2,1H3. The summed E-state index contributed by atoms with van der Waals surface area (Å²) in [6.45, 7) is 1.90. The number of nitrogens with zero attached hydrogens (tertiary/aromatic N) is 3. The number of benzene rings is 2. The molecule has 0 bridgehead atoms. The number of carbonyl (C=O) groups excluding carboxylic acids is 1. The number of hydrogen-bond acceptors (Lipinski definition) is 4. The Morgan fingerprint density at radius 1 is 1.07 bits per heavy atom. The third-order valence-corrected chi connectivity index (χ3v) is 6.42. The van der Waals surface area contributed by atoms with Gasteiger partial charge in [-0.25, -0.2) is 12.8 Å². The van der Waals surface area contributed by atoms with Gasteiger partial charge in [0.2, 0.25) is 15.9 Å². The van der Waals surface area contributed by atoms with Gasteiger partial charge < -0.3 is 9.80 Å². The maximum Gasteiger partial charge on any atom is 0.243 e. The number of hydrogen-bond donors (Lipinski definition) is 0. The molecule has 1 aliphatic rings. The molecule has 28 heavy (non-hydrogen) atoms. The van der Waals surface area contributed by atoms with Gasteiger partial charge in [-0.15, -0.1) is 0 Å². The van der Waals surface area contributed by atoms with Crippen molar-refractivity contribution in [2.45, 2.75) is 0 Å². The van der Waals surface area contributed by atoms with E-state index in [9.17, 15) is 17.6 Å². The van der Waals surface area contributed by atoms with Gasteiger partial charge in [0.1, 0.15) is 12.4 Å². The highest BCUT2D eigenvalue weighted by atomic mass is 79.9. The number of carbonyl (C=O) groups is 1. The van der Waals surface area contributed by atoms with Gasteiger partial charge in [0.05, 0.1) is 11.9 Å². The van der Waals surface area contributed by atoms with Crippen LogP contribution < -0.4 is 9.21 Å². The van der Waals surface area contributed by atoms with Crippen LogP contribution in [0, 0.1) is 5.82 Å². The number of rotatable bonds is 5. The quantitative estimate of drug-likeness (QED) is 0.675. The first-order chi connectivity index (χ1) is 13.3. The lowest BCUT2D eigenvalue weighted by molar-refractivity contribution is -0.129. The lowest BCUT2D eigenvalue weighted by Gasteiger charge is -2.37. The molecule has 0 aliphatic carbocycles. The van der Waals surface area contributed by atoms with Gasteiger partial charge in [-0.05, 0) is 52.3 Å². The fourth-order valence-corrected chi connectivity index (χ4v) is 4.60. The molecular weight excluding hydrogens is 449 g/mol. The van der Waals surface area contributed by atoms with E-state index in [-0.39, 0.29) is 18.3 Å². The first-order valence-corrected chi connectivity index (χ1v) is 11.4. The molecule has 1 heterocycles. The van der Waals surface area contributed by atoms with Crippen LogP contribution in [-0.4, -0.2) is 58.2 Å². The number of piperazine rings is 1. The first kappa shape index (κ1) is 20.6. The molecule has 0 atom stereocenters. The lowest BCUT2D eigenvalue weighted by atomic mass is 10.2. The van der Waals surface area contributed by atoms with Crippen LogP contribution in [0.2, 0.25) is 0 Å². The molecule has 0 unspecified atom stereocenters. The molecule has 1 amide bonds. The fraction of sp³-hybridized carbons (Fsp3) is 0.316. The Balaban J connectivity index is 1.67. The van der Waals surface area contributed by atoms with E-state index in [0.717, 1.165) is 16.2 Å². The highest BCUT2D eigenvalue weighted by Crippen LogP contribution is 2.27. The first-order valence-electron chi connectivity index (χ1n) is 8.76. The monoisotopic (exact) mass is 469 g/mol. The summed E-state index contributed by atoms with van der Waals surface area (Å²) in [5.41, 5.74) is 1.34. The van der Waals surface area contributed by atoms with E-state index in [2.05, 4.69) is 20.8 Å². The maximum atomic E-state index is 13.1. The molecule has 3 rings (SSSR count). The Bertz CT molecular complexity index is 945. The van der Waals surface area contributed by atoms with Crippen molar-refractivity contribution in [2.24, 2.45) is 0 Å². The molecular formula is C19H21BrFN3O3S. The predicted octanol–water partition coefficient (Wildman–Crippen LogP) is 2.70. The van der Waals surface area contributed by atoms with Crippen molar-refractivity contribution < 1.29 is 17.6 Å². The van der Waals surface area contributed by atoms with Gasteiger partial charge in [-0.1, -0.05) is 12.1 Å². The average molecular weight is 470 g/mol. The second kappa shape index (κ2) is 8.48. The Morgan fingerprint density at radius 3 is 2.25 bits per heavy atom. The Hall–Kier alpha value is -2.13. The third-order valence-electron chi connectivity index (χ3n) is 4.62. The number of para-hydroxylation sites is 1. The minimum atomic E-state index is -3.62. The van der Waals surface area contributed by atoms with E-state index in [4.69, 9.17) is 0 Å². The summed E-state index contributed by atoms with van der Waals surface area (Å²) in [5, 5.41) is 0. The van der Waals surface area contributed by atoms with Crippen molar-refractivity contribution in [2.75, 3.05) is 48.2 Å². The Morgan fingerprint density at radius 2 is 1.68 bits per heavy atom. The van der Waals surface area contributed by atoms with Crippen LogP contribution >= 0.6 is 15.9 Å². The molecule has 1 fully saturated rings. The predicted molar refractivity (Wildman–Crippen MR) is 112 cm³/mol. The SMILES string of the molecule is CS(=O)(=O)N(CC(=O)N1CCN(c2ccc(F)cc2)CC1)c1ccccc1Br. The minimum Gasteiger partial charge on any atom is -0.368 e. The molecule has 150 valence electrons. The normalized spacial score (nSPS) is 14.8. The van der Waals surface area contributed by atoms with E-state index in [1.807, 2.05) is 0 Å². The van der Waals surface area contributed by atoms with Crippen LogP contribution in [0.4, 0.5) is 15.8 Å². The zero-order valence-corrected chi connectivity index (χ0v) is 17.8. The van der Waals surface area contributed by atoms with Crippen molar-refractivity contribution in [1.29, 1.82) is 0 Å². The van der Waals surface area contributed by atoms with Crippen molar-refractivity contribution in [1.82, 2.24) is 4.90 Å². The van der Waals surface area contributed by atoms with Crippen LogP contribution in [0.3, 0.4) is 0 Å².